The van der Waals surface area contributed by atoms with E-state index in [1.54, 1.807) is 36.5 Å². The van der Waals surface area contributed by atoms with E-state index >= 15 is 0 Å². The quantitative estimate of drug-likeness (QED) is 0.734. The minimum absolute atomic E-state index is 0.0740. The molecule has 4 heterocycles. The Morgan fingerprint density at radius 2 is 2.00 bits per heavy atom. The van der Waals surface area contributed by atoms with Gasteiger partial charge in [0.25, 0.3) is 17.5 Å². The van der Waals surface area contributed by atoms with Crippen molar-refractivity contribution in [2.45, 2.75) is 37.6 Å². The van der Waals surface area contributed by atoms with E-state index in [-0.39, 0.29) is 17.9 Å². The molecule has 0 aromatic carbocycles. The first-order chi connectivity index (χ1) is 14.2. The topological polar surface area (TPSA) is 101 Å². The Kier molecular flexibility index (Phi) is 4.26. The maximum atomic E-state index is 13.1. The summed E-state index contributed by atoms with van der Waals surface area (Å²) >= 11 is 0. The van der Waals surface area contributed by atoms with Gasteiger partial charge in [0.2, 0.25) is 0 Å². The molecule has 1 saturated carbocycles. The number of nitrogens with zero attached hydrogens (tertiary/aromatic N) is 4. The number of likely N-dealkylation sites (tertiary alicyclic amines) is 1. The first-order valence-electron chi connectivity index (χ1n) is 9.90. The van der Waals surface area contributed by atoms with E-state index < -0.39 is 0 Å². The molecule has 1 N–H and O–H groups in total. The van der Waals surface area contributed by atoms with Crippen LogP contribution in [0.15, 0.2) is 35.1 Å². The van der Waals surface area contributed by atoms with Gasteiger partial charge in [0.15, 0.2) is 0 Å². The molecule has 0 spiro atoms. The molecular formula is C21H21N5O3. The third-order valence-electron chi connectivity index (χ3n) is 5.72. The SMILES string of the molecule is CNC(=O)c1cc(C2CC2)nc2onc(C3CCCN3C(=O)c3ccncc3)c12. The minimum Gasteiger partial charge on any atom is -0.355 e. The van der Waals surface area contributed by atoms with Crippen LogP contribution in [0, 0.1) is 0 Å². The summed E-state index contributed by atoms with van der Waals surface area (Å²) in [5.74, 6) is 0.108. The third kappa shape index (κ3) is 3.04. The van der Waals surface area contributed by atoms with Crippen molar-refractivity contribution in [3.63, 3.8) is 0 Å². The summed E-state index contributed by atoms with van der Waals surface area (Å²) < 4.78 is 5.56. The van der Waals surface area contributed by atoms with Gasteiger partial charge in [0.05, 0.1) is 17.0 Å². The zero-order chi connectivity index (χ0) is 20.0. The van der Waals surface area contributed by atoms with Gasteiger partial charge in [-0.3, -0.25) is 14.6 Å². The van der Waals surface area contributed by atoms with Crippen molar-refractivity contribution in [3.05, 3.63) is 53.1 Å². The molecule has 1 aliphatic heterocycles. The smallest absolute Gasteiger partial charge is 0.259 e. The van der Waals surface area contributed by atoms with Gasteiger partial charge in [0, 0.05) is 43.2 Å². The first-order valence-corrected chi connectivity index (χ1v) is 9.90. The number of hydrogen-bond acceptors (Lipinski definition) is 6. The van der Waals surface area contributed by atoms with Gasteiger partial charge in [-0.05, 0) is 43.9 Å². The fourth-order valence-corrected chi connectivity index (χ4v) is 4.08. The fourth-order valence-electron chi connectivity index (χ4n) is 4.08. The number of aromatic nitrogens is 3. The molecule has 2 fully saturated rings. The maximum absolute atomic E-state index is 13.1. The molecule has 0 bridgehead atoms. The van der Waals surface area contributed by atoms with Gasteiger partial charge in [-0.15, -0.1) is 0 Å². The predicted octanol–water partition coefficient (Wildman–Crippen LogP) is 2.83. The second-order valence-electron chi connectivity index (χ2n) is 7.59. The fraction of sp³-hybridized carbons (Fsp3) is 0.381. The van der Waals surface area contributed by atoms with Gasteiger partial charge in [0.1, 0.15) is 5.69 Å². The lowest BCUT2D eigenvalue weighted by atomic mass is 10.0. The van der Waals surface area contributed by atoms with Crippen LogP contribution in [0.1, 0.15) is 69.7 Å². The van der Waals surface area contributed by atoms with Crippen LogP contribution in [0.25, 0.3) is 11.1 Å². The lowest BCUT2D eigenvalue weighted by Gasteiger charge is -2.23. The summed E-state index contributed by atoms with van der Waals surface area (Å²) in [5.41, 5.74) is 2.94. The average molecular weight is 391 g/mol. The van der Waals surface area contributed by atoms with E-state index in [1.807, 2.05) is 6.07 Å². The van der Waals surface area contributed by atoms with E-state index in [0.29, 0.717) is 40.4 Å². The molecule has 8 heteroatoms. The summed E-state index contributed by atoms with van der Waals surface area (Å²) in [5, 5.41) is 7.59. The van der Waals surface area contributed by atoms with Crippen LogP contribution in [-0.2, 0) is 0 Å². The Bertz CT molecular complexity index is 1090. The number of pyridine rings is 2. The zero-order valence-corrected chi connectivity index (χ0v) is 16.1. The van der Waals surface area contributed by atoms with E-state index in [0.717, 1.165) is 31.4 Å². The summed E-state index contributed by atoms with van der Waals surface area (Å²) in [6.45, 7) is 0.628. The molecule has 29 heavy (non-hydrogen) atoms. The highest BCUT2D eigenvalue weighted by Gasteiger charge is 2.36. The molecule has 148 valence electrons. The van der Waals surface area contributed by atoms with Crippen LogP contribution in [0.5, 0.6) is 0 Å². The number of hydrogen-bond donors (Lipinski definition) is 1. The van der Waals surface area contributed by atoms with E-state index in [1.165, 1.54) is 0 Å². The second kappa shape index (κ2) is 6.95. The number of rotatable bonds is 4. The van der Waals surface area contributed by atoms with Crippen molar-refractivity contribution in [2.24, 2.45) is 0 Å². The summed E-state index contributed by atoms with van der Waals surface area (Å²) in [6.07, 6.45) is 6.98. The number of fused-ring (bicyclic) bond motifs is 1. The molecule has 5 rings (SSSR count). The Morgan fingerprint density at radius 1 is 1.21 bits per heavy atom. The van der Waals surface area contributed by atoms with Gasteiger partial charge in [-0.25, -0.2) is 4.98 Å². The van der Waals surface area contributed by atoms with Crippen molar-refractivity contribution in [3.8, 4) is 0 Å². The van der Waals surface area contributed by atoms with Crippen LogP contribution in [0.3, 0.4) is 0 Å². The van der Waals surface area contributed by atoms with Crippen LogP contribution < -0.4 is 5.32 Å². The Balaban J connectivity index is 1.59. The monoisotopic (exact) mass is 391 g/mol. The number of amides is 2. The highest BCUT2D eigenvalue weighted by Crippen LogP contribution is 2.42. The number of carbonyl (C=O) groups excluding carboxylic acids is 2. The molecule has 3 aromatic rings. The zero-order valence-electron chi connectivity index (χ0n) is 16.1. The molecule has 0 radical (unpaired) electrons. The van der Waals surface area contributed by atoms with E-state index in [2.05, 4.69) is 20.4 Å². The van der Waals surface area contributed by atoms with Crippen molar-refractivity contribution in [2.75, 3.05) is 13.6 Å². The summed E-state index contributed by atoms with van der Waals surface area (Å²) in [6, 6.07) is 5.01. The highest BCUT2D eigenvalue weighted by molar-refractivity contribution is 6.06. The molecule has 1 atom stereocenters. The van der Waals surface area contributed by atoms with Crippen molar-refractivity contribution < 1.29 is 14.1 Å². The lowest BCUT2D eigenvalue weighted by molar-refractivity contribution is 0.0731. The molecule has 3 aromatic heterocycles. The van der Waals surface area contributed by atoms with Gasteiger partial charge < -0.3 is 14.7 Å². The molecule has 2 amide bonds. The molecule has 1 saturated heterocycles. The Hall–Kier alpha value is -3.29. The van der Waals surface area contributed by atoms with Crippen LogP contribution in [0.2, 0.25) is 0 Å². The van der Waals surface area contributed by atoms with Crippen molar-refractivity contribution in [1.82, 2.24) is 25.3 Å². The first kappa shape index (κ1) is 17.8. The third-order valence-corrected chi connectivity index (χ3v) is 5.72. The molecular weight excluding hydrogens is 370 g/mol. The number of nitrogens with one attached hydrogen (secondary N) is 1. The molecule has 8 nitrogen and oxygen atoms in total. The summed E-state index contributed by atoms with van der Waals surface area (Å²) in [7, 11) is 1.60. The van der Waals surface area contributed by atoms with Gasteiger partial charge in [-0.2, -0.15) is 0 Å². The van der Waals surface area contributed by atoms with Gasteiger partial charge in [-0.1, -0.05) is 5.16 Å². The van der Waals surface area contributed by atoms with Crippen LogP contribution >= 0.6 is 0 Å². The van der Waals surface area contributed by atoms with E-state index in [4.69, 9.17) is 4.52 Å². The van der Waals surface area contributed by atoms with Crippen molar-refractivity contribution in [1.29, 1.82) is 0 Å². The van der Waals surface area contributed by atoms with Crippen LogP contribution in [-0.4, -0.2) is 45.4 Å². The lowest BCUT2D eigenvalue weighted by Crippen LogP contribution is -2.31. The highest BCUT2D eigenvalue weighted by atomic mass is 16.5. The standard InChI is InChI=1S/C21H21N5O3/c1-22-19(27)14-11-15(12-4-5-12)24-20-17(14)18(25-29-20)16-3-2-10-26(16)21(28)13-6-8-23-9-7-13/h6-9,11-12,16H,2-5,10H2,1H3,(H,22,27). The van der Waals surface area contributed by atoms with Crippen LogP contribution in [0.4, 0.5) is 0 Å². The predicted molar refractivity (Wildman–Crippen MR) is 104 cm³/mol. The minimum atomic E-state index is -0.256. The molecule has 1 unspecified atom stereocenters. The number of carbonyl (C=O) groups is 2. The summed E-state index contributed by atoms with van der Waals surface area (Å²) in [4.78, 5) is 36.1. The largest absolute Gasteiger partial charge is 0.355 e. The normalized spacial score (nSPS) is 18.9. The van der Waals surface area contributed by atoms with Crippen molar-refractivity contribution >= 4 is 22.9 Å². The molecule has 1 aliphatic carbocycles. The van der Waals surface area contributed by atoms with E-state index in [9.17, 15) is 9.59 Å². The Labute approximate surface area is 167 Å². The molecule has 2 aliphatic rings. The van der Waals surface area contributed by atoms with Gasteiger partial charge >= 0.3 is 0 Å². The average Bonchev–Trinajstić information content (AvgIpc) is 3.35. The maximum Gasteiger partial charge on any atom is 0.259 e. The second-order valence-corrected chi connectivity index (χ2v) is 7.59. The Morgan fingerprint density at radius 3 is 2.72 bits per heavy atom.